The Kier molecular flexibility index (Phi) is 1.62. The highest BCUT2D eigenvalue weighted by Gasteiger charge is 2.37. The van der Waals surface area contributed by atoms with Crippen molar-refractivity contribution in [2.45, 2.75) is 39.2 Å². The van der Waals surface area contributed by atoms with Crippen LogP contribution in [0.3, 0.4) is 0 Å². The number of carbonyl (C=O) groups excluding carboxylic acids is 1. The lowest BCUT2D eigenvalue weighted by molar-refractivity contribution is -0.117. The van der Waals surface area contributed by atoms with E-state index in [2.05, 4.69) is 32.2 Å². The normalized spacial score (nSPS) is 25.5. The van der Waals surface area contributed by atoms with Crippen molar-refractivity contribution in [3.8, 4) is 0 Å². The molecule has 0 saturated carbocycles. The second-order valence-electron chi connectivity index (χ2n) is 4.46. The molecule has 0 bridgehead atoms. The molecule has 1 N–H and O–H groups in total. The minimum Gasteiger partial charge on any atom is -0.343 e. The molecule has 70 valence electrons. The maximum atomic E-state index is 11.5. The second kappa shape index (κ2) is 2.47. The Hall–Kier alpha value is -1.05. The van der Waals surface area contributed by atoms with Crippen molar-refractivity contribution >= 4 is 5.91 Å². The highest BCUT2D eigenvalue weighted by atomic mass is 16.2. The monoisotopic (exact) mass is 177 g/mol. The summed E-state index contributed by atoms with van der Waals surface area (Å²) in [5.74, 6) is 0.128. The SMILES string of the molecule is CC1=CC2=C(CC1)C(=O)NC2(C)C. The van der Waals surface area contributed by atoms with Gasteiger partial charge in [0, 0.05) is 5.57 Å². The van der Waals surface area contributed by atoms with E-state index >= 15 is 0 Å². The number of nitrogens with one attached hydrogen (secondary N) is 1. The van der Waals surface area contributed by atoms with Crippen molar-refractivity contribution in [3.05, 3.63) is 22.8 Å². The van der Waals surface area contributed by atoms with Crippen LogP contribution in [0.5, 0.6) is 0 Å². The zero-order chi connectivity index (χ0) is 9.64. The van der Waals surface area contributed by atoms with E-state index in [1.165, 1.54) is 11.1 Å². The van der Waals surface area contributed by atoms with Gasteiger partial charge in [-0.15, -0.1) is 0 Å². The third kappa shape index (κ3) is 1.21. The summed E-state index contributed by atoms with van der Waals surface area (Å²) in [7, 11) is 0. The second-order valence-corrected chi connectivity index (χ2v) is 4.46. The van der Waals surface area contributed by atoms with Crippen LogP contribution in [0.4, 0.5) is 0 Å². The first-order valence-electron chi connectivity index (χ1n) is 4.74. The quantitative estimate of drug-likeness (QED) is 0.602. The predicted octanol–water partition coefficient (Wildman–Crippen LogP) is 1.93. The van der Waals surface area contributed by atoms with E-state index in [1.54, 1.807) is 0 Å². The lowest BCUT2D eigenvalue weighted by atomic mass is 9.86. The van der Waals surface area contributed by atoms with Crippen molar-refractivity contribution in [2.75, 3.05) is 0 Å². The van der Waals surface area contributed by atoms with Crippen molar-refractivity contribution in [2.24, 2.45) is 0 Å². The maximum absolute atomic E-state index is 11.5. The predicted molar refractivity (Wildman–Crippen MR) is 52.2 cm³/mol. The summed E-state index contributed by atoms with van der Waals surface area (Å²) in [5.41, 5.74) is 3.41. The molecule has 2 rings (SSSR count). The van der Waals surface area contributed by atoms with E-state index < -0.39 is 0 Å². The van der Waals surface area contributed by atoms with Crippen LogP contribution in [0.25, 0.3) is 0 Å². The summed E-state index contributed by atoms with van der Waals surface area (Å²) in [4.78, 5) is 11.5. The highest BCUT2D eigenvalue weighted by Crippen LogP contribution is 2.35. The topological polar surface area (TPSA) is 29.1 Å². The molecular weight excluding hydrogens is 162 g/mol. The summed E-state index contributed by atoms with van der Waals surface area (Å²) in [5, 5.41) is 3.00. The summed E-state index contributed by atoms with van der Waals surface area (Å²) in [6.45, 7) is 6.24. The first-order chi connectivity index (χ1) is 6.00. The van der Waals surface area contributed by atoms with Crippen LogP contribution < -0.4 is 5.32 Å². The Morgan fingerprint density at radius 3 is 2.77 bits per heavy atom. The molecule has 0 aromatic carbocycles. The van der Waals surface area contributed by atoms with E-state index in [4.69, 9.17) is 0 Å². The van der Waals surface area contributed by atoms with Crippen molar-refractivity contribution in [1.82, 2.24) is 5.32 Å². The molecule has 0 fully saturated rings. The molecule has 0 aromatic rings. The fourth-order valence-electron chi connectivity index (χ4n) is 2.08. The molecule has 2 heteroatoms. The Bertz CT molecular complexity index is 334. The molecule has 0 spiro atoms. The first-order valence-corrected chi connectivity index (χ1v) is 4.74. The van der Waals surface area contributed by atoms with Gasteiger partial charge in [-0.3, -0.25) is 4.79 Å². The number of carbonyl (C=O) groups is 1. The average Bonchev–Trinajstić information content (AvgIpc) is 2.23. The molecule has 0 aromatic heterocycles. The average molecular weight is 177 g/mol. The molecule has 1 aliphatic carbocycles. The largest absolute Gasteiger partial charge is 0.343 e. The fraction of sp³-hybridized carbons (Fsp3) is 0.545. The molecule has 1 heterocycles. The Morgan fingerprint density at radius 1 is 1.38 bits per heavy atom. The molecule has 2 aliphatic rings. The van der Waals surface area contributed by atoms with Crippen molar-refractivity contribution in [1.29, 1.82) is 0 Å². The van der Waals surface area contributed by atoms with E-state index in [0.29, 0.717) is 0 Å². The number of allylic oxidation sites excluding steroid dienone is 1. The fourth-order valence-corrected chi connectivity index (χ4v) is 2.08. The third-order valence-corrected chi connectivity index (χ3v) is 2.86. The van der Waals surface area contributed by atoms with Gasteiger partial charge in [0.15, 0.2) is 0 Å². The molecule has 0 saturated heterocycles. The van der Waals surface area contributed by atoms with Gasteiger partial charge >= 0.3 is 0 Å². The molecular formula is C11H15NO. The third-order valence-electron chi connectivity index (χ3n) is 2.86. The van der Waals surface area contributed by atoms with Crippen LogP contribution in [0.2, 0.25) is 0 Å². The summed E-state index contributed by atoms with van der Waals surface area (Å²) < 4.78 is 0. The maximum Gasteiger partial charge on any atom is 0.248 e. The van der Waals surface area contributed by atoms with E-state index in [0.717, 1.165) is 18.4 Å². The van der Waals surface area contributed by atoms with Gasteiger partial charge in [0.05, 0.1) is 5.54 Å². The molecule has 0 atom stereocenters. The van der Waals surface area contributed by atoms with Gasteiger partial charge in [-0.2, -0.15) is 0 Å². The molecule has 1 amide bonds. The Morgan fingerprint density at radius 2 is 2.08 bits per heavy atom. The van der Waals surface area contributed by atoms with Gasteiger partial charge in [0.1, 0.15) is 0 Å². The molecule has 1 aliphatic heterocycles. The first kappa shape index (κ1) is 8.54. The Balaban J connectivity index is 2.49. The van der Waals surface area contributed by atoms with Crippen LogP contribution in [-0.2, 0) is 4.79 Å². The number of amides is 1. The van der Waals surface area contributed by atoms with E-state index in [-0.39, 0.29) is 11.4 Å². The summed E-state index contributed by atoms with van der Waals surface area (Å²) in [6, 6.07) is 0. The van der Waals surface area contributed by atoms with Crippen LogP contribution in [-0.4, -0.2) is 11.4 Å². The molecule has 0 unspecified atom stereocenters. The zero-order valence-corrected chi connectivity index (χ0v) is 8.40. The number of hydrogen-bond donors (Lipinski definition) is 1. The Labute approximate surface area is 78.7 Å². The zero-order valence-electron chi connectivity index (χ0n) is 8.40. The van der Waals surface area contributed by atoms with Crippen LogP contribution in [0.1, 0.15) is 33.6 Å². The summed E-state index contributed by atoms with van der Waals surface area (Å²) >= 11 is 0. The smallest absolute Gasteiger partial charge is 0.248 e. The number of rotatable bonds is 0. The standard InChI is InChI=1S/C11H15NO/c1-7-4-5-8-9(6-7)11(2,3)12-10(8)13/h6H,4-5H2,1-3H3,(H,12,13). The molecule has 2 nitrogen and oxygen atoms in total. The summed E-state index contributed by atoms with van der Waals surface area (Å²) in [6.07, 6.45) is 4.10. The van der Waals surface area contributed by atoms with E-state index in [9.17, 15) is 4.79 Å². The molecule has 0 radical (unpaired) electrons. The van der Waals surface area contributed by atoms with E-state index in [1.807, 2.05) is 0 Å². The van der Waals surface area contributed by atoms with Gasteiger partial charge in [-0.1, -0.05) is 11.6 Å². The molecule has 13 heavy (non-hydrogen) atoms. The lowest BCUT2D eigenvalue weighted by Gasteiger charge is -2.22. The van der Waals surface area contributed by atoms with Crippen molar-refractivity contribution in [3.63, 3.8) is 0 Å². The minimum atomic E-state index is -0.159. The van der Waals surface area contributed by atoms with Gasteiger partial charge in [-0.05, 0) is 39.2 Å². The van der Waals surface area contributed by atoms with Gasteiger partial charge in [0.2, 0.25) is 5.91 Å². The van der Waals surface area contributed by atoms with Crippen LogP contribution in [0, 0.1) is 0 Å². The van der Waals surface area contributed by atoms with Crippen LogP contribution >= 0.6 is 0 Å². The highest BCUT2D eigenvalue weighted by molar-refractivity contribution is 5.99. The van der Waals surface area contributed by atoms with Crippen LogP contribution in [0.15, 0.2) is 22.8 Å². The lowest BCUT2D eigenvalue weighted by Crippen LogP contribution is -2.37. The van der Waals surface area contributed by atoms with Gasteiger partial charge in [-0.25, -0.2) is 0 Å². The number of hydrogen-bond acceptors (Lipinski definition) is 1. The van der Waals surface area contributed by atoms with Crippen molar-refractivity contribution < 1.29 is 4.79 Å². The minimum absolute atomic E-state index is 0.128. The van der Waals surface area contributed by atoms with Gasteiger partial charge in [0.25, 0.3) is 0 Å². The van der Waals surface area contributed by atoms with Gasteiger partial charge < -0.3 is 5.32 Å².